The number of aryl methyl sites for hydroxylation is 2. The van der Waals surface area contributed by atoms with Crippen LogP contribution in [0.5, 0.6) is 17.2 Å². The minimum Gasteiger partial charge on any atom is -0.497 e. The van der Waals surface area contributed by atoms with E-state index < -0.39 is 0 Å². The Hall–Kier alpha value is -3.09. The van der Waals surface area contributed by atoms with Crippen LogP contribution in [-0.4, -0.2) is 58.4 Å². The largest absolute Gasteiger partial charge is 0.497 e. The number of urea groups is 1. The van der Waals surface area contributed by atoms with Crippen molar-refractivity contribution in [3.8, 4) is 17.2 Å². The van der Waals surface area contributed by atoms with E-state index >= 15 is 0 Å². The lowest BCUT2D eigenvalue weighted by Gasteiger charge is -2.36. The molecule has 3 rings (SSSR count). The van der Waals surface area contributed by atoms with Crippen LogP contribution in [0.25, 0.3) is 0 Å². The van der Waals surface area contributed by atoms with Gasteiger partial charge >= 0.3 is 6.03 Å². The van der Waals surface area contributed by atoms with Gasteiger partial charge in [-0.15, -0.1) is 0 Å². The summed E-state index contributed by atoms with van der Waals surface area (Å²) in [4.78, 5) is 16.8. The van der Waals surface area contributed by atoms with Crippen molar-refractivity contribution in [3.05, 3.63) is 41.5 Å². The quantitative estimate of drug-likeness (QED) is 0.831. The van der Waals surface area contributed by atoms with Crippen molar-refractivity contribution >= 4 is 17.4 Å². The highest BCUT2D eigenvalue weighted by Crippen LogP contribution is 2.30. The summed E-state index contributed by atoms with van der Waals surface area (Å²) in [6, 6.07) is 9.60. The number of amides is 2. The molecule has 0 bridgehead atoms. The molecule has 1 aliphatic rings. The fraction of sp³-hybridized carbons (Fsp3) is 0.409. The van der Waals surface area contributed by atoms with E-state index in [2.05, 4.69) is 10.2 Å². The Balaban J connectivity index is 1.65. The second kappa shape index (κ2) is 8.94. The third kappa shape index (κ3) is 4.67. The average molecular weight is 399 g/mol. The molecule has 0 spiro atoms. The Morgan fingerprint density at radius 1 is 0.828 bits per heavy atom. The number of benzene rings is 2. The molecule has 29 heavy (non-hydrogen) atoms. The smallest absolute Gasteiger partial charge is 0.322 e. The first-order valence-electron chi connectivity index (χ1n) is 9.64. The van der Waals surface area contributed by atoms with Crippen molar-refractivity contribution in [2.45, 2.75) is 13.8 Å². The summed E-state index contributed by atoms with van der Waals surface area (Å²) in [5.74, 6) is 2.17. The molecule has 1 N–H and O–H groups in total. The molecule has 2 aromatic carbocycles. The fourth-order valence-electron chi connectivity index (χ4n) is 3.39. The SMILES string of the molecule is COc1cc(OC)cc(N2CCN(C(=O)Nc3cc(C)c(C)cc3OC)CC2)c1. The molecule has 156 valence electrons. The predicted molar refractivity (Wildman–Crippen MR) is 115 cm³/mol. The minimum absolute atomic E-state index is 0.116. The molecule has 7 heteroatoms. The van der Waals surface area contributed by atoms with Gasteiger partial charge in [0, 0.05) is 50.1 Å². The van der Waals surface area contributed by atoms with Crippen molar-refractivity contribution in [2.24, 2.45) is 0 Å². The van der Waals surface area contributed by atoms with Gasteiger partial charge in [-0.2, -0.15) is 0 Å². The fourth-order valence-corrected chi connectivity index (χ4v) is 3.39. The maximum Gasteiger partial charge on any atom is 0.322 e. The molecule has 2 aromatic rings. The number of piperazine rings is 1. The lowest BCUT2D eigenvalue weighted by atomic mass is 10.1. The highest BCUT2D eigenvalue weighted by atomic mass is 16.5. The molecule has 0 aromatic heterocycles. The summed E-state index contributed by atoms with van der Waals surface area (Å²) in [6.07, 6.45) is 0. The van der Waals surface area contributed by atoms with Gasteiger partial charge in [-0.05, 0) is 37.1 Å². The van der Waals surface area contributed by atoms with Gasteiger partial charge in [0.2, 0.25) is 0 Å². The van der Waals surface area contributed by atoms with Crippen LogP contribution in [0.15, 0.2) is 30.3 Å². The van der Waals surface area contributed by atoms with Gasteiger partial charge in [-0.25, -0.2) is 4.79 Å². The number of carbonyl (C=O) groups excluding carboxylic acids is 1. The molecule has 0 atom stereocenters. The van der Waals surface area contributed by atoms with Crippen molar-refractivity contribution in [3.63, 3.8) is 0 Å². The zero-order valence-electron chi connectivity index (χ0n) is 17.7. The van der Waals surface area contributed by atoms with Gasteiger partial charge in [0.15, 0.2) is 0 Å². The van der Waals surface area contributed by atoms with E-state index in [0.717, 1.165) is 41.4 Å². The normalized spacial score (nSPS) is 13.8. The van der Waals surface area contributed by atoms with Crippen LogP contribution >= 0.6 is 0 Å². The molecule has 1 saturated heterocycles. The third-order valence-corrected chi connectivity index (χ3v) is 5.33. The molecule has 7 nitrogen and oxygen atoms in total. The van der Waals surface area contributed by atoms with Crippen molar-refractivity contribution in [2.75, 3.05) is 57.7 Å². The number of ether oxygens (including phenoxy) is 3. The van der Waals surface area contributed by atoms with Gasteiger partial charge in [0.25, 0.3) is 0 Å². The zero-order chi connectivity index (χ0) is 21.0. The summed E-state index contributed by atoms with van der Waals surface area (Å²) in [7, 11) is 4.89. The Morgan fingerprint density at radius 2 is 1.41 bits per heavy atom. The van der Waals surface area contributed by atoms with E-state index in [-0.39, 0.29) is 6.03 Å². The number of methoxy groups -OCH3 is 3. The maximum atomic E-state index is 12.8. The van der Waals surface area contributed by atoms with Gasteiger partial charge in [0.05, 0.1) is 27.0 Å². The van der Waals surface area contributed by atoms with Crippen molar-refractivity contribution < 1.29 is 19.0 Å². The lowest BCUT2D eigenvalue weighted by Crippen LogP contribution is -2.50. The summed E-state index contributed by atoms with van der Waals surface area (Å²) in [5, 5.41) is 2.99. The predicted octanol–water partition coefficient (Wildman–Crippen LogP) is 3.68. The standard InChI is InChI=1S/C22H29N3O4/c1-15-10-20(21(29-5)11-16(15)2)23-22(26)25-8-6-24(7-9-25)17-12-18(27-3)14-19(13-17)28-4/h10-14H,6-9H2,1-5H3,(H,23,26). The monoisotopic (exact) mass is 399 g/mol. The third-order valence-electron chi connectivity index (χ3n) is 5.33. The highest BCUT2D eigenvalue weighted by Gasteiger charge is 2.23. The highest BCUT2D eigenvalue weighted by molar-refractivity contribution is 5.91. The van der Waals surface area contributed by atoms with E-state index in [0.29, 0.717) is 24.5 Å². The summed E-state index contributed by atoms with van der Waals surface area (Å²) in [5.41, 5.74) is 3.96. The Bertz CT molecular complexity index is 854. The molecule has 0 aliphatic carbocycles. The van der Waals surface area contributed by atoms with E-state index in [1.165, 1.54) is 0 Å². The Morgan fingerprint density at radius 3 is 1.97 bits per heavy atom. The van der Waals surface area contributed by atoms with Gasteiger partial charge in [0.1, 0.15) is 17.2 Å². The topological polar surface area (TPSA) is 63.3 Å². The summed E-state index contributed by atoms with van der Waals surface area (Å²) >= 11 is 0. The molecule has 0 unspecified atom stereocenters. The molecular formula is C22H29N3O4. The summed E-state index contributed by atoms with van der Waals surface area (Å²) < 4.78 is 16.1. The van der Waals surface area contributed by atoms with Crippen LogP contribution in [-0.2, 0) is 0 Å². The van der Waals surface area contributed by atoms with Crippen LogP contribution in [0.1, 0.15) is 11.1 Å². The van der Waals surface area contributed by atoms with E-state index in [1.54, 1.807) is 21.3 Å². The Kier molecular flexibility index (Phi) is 6.36. The molecular weight excluding hydrogens is 370 g/mol. The molecule has 1 heterocycles. The van der Waals surface area contributed by atoms with Crippen LogP contribution in [0, 0.1) is 13.8 Å². The van der Waals surface area contributed by atoms with Crippen LogP contribution < -0.4 is 24.4 Å². The van der Waals surface area contributed by atoms with E-state index in [1.807, 2.05) is 49.1 Å². The first kappa shape index (κ1) is 20.6. The van der Waals surface area contributed by atoms with Crippen LogP contribution in [0.2, 0.25) is 0 Å². The second-order valence-electron chi connectivity index (χ2n) is 7.11. The van der Waals surface area contributed by atoms with Crippen LogP contribution in [0.4, 0.5) is 16.2 Å². The van der Waals surface area contributed by atoms with Gasteiger partial charge in [-0.3, -0.25) is 0 Å². The van der Waals surface area contributed by atoms with Gasteiger partial charge < -0.3 is 29.3 Å². The average Bonchev–Trinajstić information content (AvgIpc) is 2.75. The van der Waals surface area contributed by atoms with Crippen molar-refractivity contribution in [1.82, 2.24) is 4.90 Å². The number of nitrogens with one attached hydrogen (secondary N) is 1. The van der Waals surface area contributed by atoms with Crippen LogP contribution in [0.3, 0.4) is 0 Å². The number of hydrogen-bond acceptors (Lipinski definition) is 5. The first-order chi connectivity index (χ1) is 13.9. The van der Waals surface area contributed by atoms with Gasteiger partial charge in [-0.1, -0.05) is 0 Å². The lowest BCUT2D eigenvalue weighted by molar-refractivity contribution is 0.208. The maximum absolute atomic E-state index is 12.8. The molecule has 2 amide bonds. The van der Waals surface area contributed by atoms with Crippen molar-refractivity contribution in [1.29, 1.82) is 0 Å². The number of carbonyl (C=O) groups is 1. The zero-order valence-corrected chi connectivity index (χ0v) is 17.7. The first-order valence-corrected chi connectivity index (χ1v) is 9.64. The molecule has 1 fully saturated rings. The number of anilines is 2. The van der Waals surface area contributed by atoms with E-state index in [4.69, 9.17) is 14.2 Å². The van der Waals surface area contributed by atoms with E-state index in [9.17, 15) is 4.79 Å². The number of rotatable bonds is 5. The molecule has 0 radical (unpaired) electrons. The second-order valence-corrected chi connectivity index (χ2v) is 7.11. The summed E-state index contributed by atoms with van der Waals surface area (Å²) in [6.45, 7) is 6.75. The number of nitrogens with zero attached hydrogens (tertiary/aromatic N) is 2. The molecule has 1 aliphatic heterocycles. The molecule has 0 saturated carbocycles. The number of hydrogen-bond donors (Lipinski definition) is 1. The Labute approximate surface area is 172 Å². The minimum atomic E-state index is -0.116.